The third-order valence-corrected chi connectivity index (χ3v) is 5.47. The second-order valence-corrected chi connectivity index (χ2v) is 7.23. The third-order valence-electron chi connectivity index (χ3n) is 4.61. The molecular weight excluding hydrogens is 338 g/mol. The number of thiophene rings is 1. The molecule has 3 aromatic heterocycles. The van der Waals surface area contributed by atoms with Gasteiger partial charge in [-0.15, -0.1) is 11.3 Å². The minimum atomic E-state index is 0.173. The highest BCUT2D eigenvalue weighted by molar-refractivity contribution is 7.09. The SMILES string of the molecule is Nc1nc(N2CCN(Cc3cccs3)[C@H](CCO)C2)c2cn[nH]c2n1. The van der Waals surface area contributed by atoms with E-state index in [0.29, 0.717) is 5.65 Å². The summed E-state index contributed by atoms with van der Waals surface area (Å²) < 4.78 is 0. The van der Waals surface area contributed by atoms with Crippen LogP contribution in [0, 0.1) is 0 Å². The number of piperazine rings is 1. The van der Waals surface area contributed by atoms with Crippen LogP contribution in [-0.2, 0) is 6.54 Å². The van der Waals surface area contributed by atoms with Crippen LogP contribution in [0.15, 0.2) is 23.7 Å². The molecule has 4 heterocycles. The van der Waals surface area contributed by atoms with Gasteiger partial charge < -0.3 is 15.7 Å². The number of aromatic nitrogens is 4. The highest BCUT2D eigenvalue weighted by Gasteiger charge is 2.29. The fourth-order valence-corrected chi connectivity index (χ4v) is 4.13. The zero-order valence-corrected chi connectivity index (χ0v) is 14.6. The van der Waals surface area contributed by atoms with Crippen LogP contribution >= 0.6 is 11.3 Å². The molecule has 3 aromatic rings. The van der Waals surface area contributed by atoms with Crippen LogP contribution in [0.1, 0.15) is 11.3 Å². The van der Waals surface area contributed by atoms with Crippen molar-refractivity contribution in [2.45, 2.75) is 19.0 Å². The minimum Gasteiger partial charge on any atom is -0.396 e. The molecule has 132 valence electrons. The Hall–Kier alpha value is -2.23. The summed E-state index contributed by atoms with van der Waals surface area (Å²) in [6.45, 7) is 3.65. The van der Waals surface area contributed by atoms with E-state index < -0.39 is 0 Å². The smallest absolute Gasteiger partial charge is 0.224 e. The van der Waals surface area contributed by atoms with Gasteiger partial charge in [-0.2, -0.15) is 15.1 Å². The highest BCUT2D eigenvalue weighted by Crippen LogP contribution is 2.27. The predicted octanol–water partition coefficient (Wildman–Crippen LogP) is 1.07. The molecule has 0 bridgehead atoms. The molecule has 25 heavy (non-hydrogen) atoms. The molecule has 0 radical (unpaired) electrons. The summed E-state index contributed by atoms with van der Waals surface area (Å²) in [5, 5.41) is 19.4. The molecular formula is C16H21N7OS. The van der Waals surface area contributed by atoms with Crippen LogP contribution in [-0.4, -0.2) is 62.5 Å². The van der Waals surface area contributed by atoms with Crippen molar-refractivity contribution >= 4 is 34.1 Å². The Bertz CT molecular complexity index is 834. The molecule has 1 saturated heterocycles. The van der Waals surface area contributed by atoms with Crippen LogP contribution in [0.5, 0.6) is 0 Å². The number of aromatic amines is 1. The zero-order chi connectivity index (χ0) is 17.2. The second kappa shape index (κ2) is 6.95. The van der Waals surface area contributed by atoms with Crippen molar-refractivity contribution < 1.29 is 5.11 Å². The second-order valence-electron chi connectivity index (χ2n) is 6.20. The van der Waals surface area contributed by atoms with Crippen molar-refractivity contribution in [2.24, 2.45) is 0 Å². The fourth-order valence-electron chi connectivity index (χ4n) is 3.40. The number of hydrogen-bond acceptors (Lipinski definition) is 8. The van der Waals surface area contributed by atoms with Crippen molar-refractivity contribution in [1.82, 2.24) is 25.1 Å². The Labute approximate surface area is 149 Å². The molecule has 0 amide bonds. The molecule has 0 unspecified atom stereocenters. The molecule has 1 fully saturated rings. The number of nitrogens with two attached hydrogens (primary N) is 1. The first kappa shape index (κ1) is 16.2. The summed E-state index contributed by atoms with van der Waals surface area (Å²) in [7, 11) is 0. The Balaban J connectivity index is 1.57. The topological polar surface area (TPSA) is 107 Å². The predicted molar refractivity (Wildman–Crippen MR) is 98.5 cm³/mol. The number of aliphatic hydroxyl groups excluding tert-OH is 1. The molecule has 4 N–H and O–H groups in total. The standard InChI is InChI=1S/C16H21N7OS/c17-16-19-14-13(8-18-21-14)15(20-16)23-5-4-22(11(9-23)3-6-24)10-12-2-1-7-25-12/h1-2,7-8,11,24H,3-6,9-10H2,(H3,17,18,19,20,21)/t11-/m1/s1. The van der Waals surface area contributed by atoms with E-state index in [1.807, 2.05) is 0 Å². The van der Waals surface area contributed by atoms with Crippen molar-refractivity contribution in [1.29, 1.82) is 0 Å². The number of H-pyrrole nitrogens is 1. The molecule has 0 spiro atoms. The lowest BCUT2D eigenvalue weighted by Crippen LogP contribution is -2.53. The molecule has 0 aliphatic carbocycles. The summed E-state index contributed by atoms with van der Waals surface area (Å²) >= 11 is 1.77. The van der Waals surface area contributed by atoms with E-state index in [4.69, 9.17) is 5.73 Å². The third kappa shape index (κ3) is 3.30. The van der Waals surface area contributed by atoms with Crippen LogP contribution in [0.25, 0.3) is 11.0 Å². The van der Waals surface area contributed by atoms with E-state index in [-0.39, 0.29) is 18.6 Å². The molecule has 9 heteroatoms. The van der Waals surface area contributed by atoms with Gasteiger partial charge in [0.15, 0.2) is 5.65 Å². The van der Waals surface area contributed by atoms with Crippen LogP contribution < -0.4 is 10.6 Å². The van der Waals surface area contributed by atoms with Crippen molar-refractivity contribution in [3.05, 3.63) is 28.6 Å². The maximum absolute atomic E-state index is 9.50. The minimum absolute atomic E-state index is 0.173. The molecule has 1 aliphatic heterocycles. The fraction of sp³-hybridized carbons (Fsp3) is 0.438. The van der Waals surface area contributed by atoms with E-state index in [9.17, 15) is 5.11 Å². The van der Waals surface area contributed by atoms with Gasteiger partial charge in [0.1, 0.15) is 5.82 Å². The van der Waals surface area contributed by atoms with Gasteiger partial charge in [-0.25, -0.2) is 0 Å². The van der Waals surface area contributed by atoms with Gasteiger partial charge in [0.2, 0.25) is 5.95 Å². The number of aliphatic hydroxyl groups is 1. The van der Waals surface area contributed by atoms with Crippen LogP contribution in [0.3, 0.4) is 0 Å². The first-order chi connectivity index (χ1) is 12.2. The van der Waals surface area contributed by atoms with Gasteiger partial charge >= 0.3 is 0 Å². The average molecular weight is 359 g/mol. The maximum Gasteiger partial charge on any atom is 0.224 e. The maximum atomic E-state index is 9.50. The quantitative estimate of drug-likeness (QED) is 0.625. The Morgan fingerprint density at radius 2 is 2.28 bits per heavy atom. The number of nitrogens with zero attached hydrogens (tertiary/aromatic N) is 5. The van der Waals surface area contributed by atoms with Gasteiger partial charge in [-0.3, -0.25) is 10.00 Å². The van der Waals surface area contributed by atoms with Crippen molar-refractivity contribution in [3.63, 3.8) is 0 Å². The Kier molecular flexibility index (Phi) is 4.51. The van der Waals surface area contributed by atoms with E-state index >= 15 is 0 Å². The molecule has 1 atom stereocenters. The van der Waals surface area contributed by atoms with E-state index in [2.05, 4.69) is 47.5 Å². The van der Waals surface area contributed by atoms with Gasteiger partial charge in [0.05, 0.1) is 11.6 Å². The van der Waals surface area contributed by atoms with Crippen molar-refractivity contribution in [2.75, 3.05) is 36.9 Å². The first-order valence-electron chi connectivity index (χ1n) is 8.33. The van der Waals surface area contributed by atoms with Crippen molar-refractivity contribution in [3.8, 4) is 0 Å². The van der Waals surface area contributed by atoms with E-state index in [0.717, 1.165) is 43.8 Å². The number of rotatable bonds is 5. The Morgan fingerprint density at radius 1 is 1.36 bits per heavy atom. The molecule has 1 aliphatic rings. The summed E-state index contributed by atoms with van der Waals surface area (Å²) in [6.07, 6.45) is 2.47. The average Bonchev–Trinajstić information content (AvgIpc) is 3.27. The lowest BCUT2D eigenvalue weighted by molar-refractivity contribution is 0.136. The Morgan fingerprint density at radius 3 is 3.08 bits per heavy atom. The summed E-state index contributed by atoms with van der Waals surface area (Å²) in [4.78, 5) is 14.6. The molecule has 0 aromatic carbocycles. The van der Waals surface area contributed by atoms with Gasteiger partial charge in [0, 0.05) is 43.7 Å². The highest BCUT2D eigenvalue weighted by atomic mass is 32.1. The summed E-state index contributed by atoms with van der Waals surface area (Å²) in [5.74, 6) is 1.06. The van der Waals surface area contributed by atoms with Gasteiger partial charge in [-0.1, -0.05) is 6.07 Å². The largest absolute Gasteiger partial charge is 0.396 e. The lowest BCUT2D eigenvalue weighted by Gasteiger charge is -2.41. The number of fused-ring (bicyclic) bond motifs is 1. The molecule has 4 rings (SSSR count). The number of nitrogen functional groups attached to an aromatic ring is 1. The van der Waals surface area contributed by atoms with Gasteiger partial charge in [0.25, 0.3) is 0 Å². The normalized spacial score (nSPS) is 18.9. The summed E-state index contributed by atoms with van der Waals surface area (Å²) in [5.41, 5.74) is 6.51. The summed E-state index contributed by atoms with van der Waals surface area (Å²) in [6, 6.07) is 4.50. The monoisotopic (exact) mass is 359 g/mol. The number of hydrogen-bond donors (Lipinski definition) is 3. The van der Waals surface area contributed by atoms with Gasteiger partial charge in [-0.05, 0) is 17.9 Å². The zero-order valence-electron chi connectivity index (χ0n) is 13.8. The number of anilines is 2. The number of nitrogens with one attached hydrogen (secondary N) is 1. The van der Waals surface area contributed by atoms with Crippen LogP contribution in [0.4, 0.5) is 11.8 Å². The molecule has 0 saturated carbocycles. The first-order valence-corrected chi connectivity index (χ1v) is 9.21. The molecule has 8 nitrogen and oxygen atoms in total. The van der Waals surface area contributed by atoms with E-state index in [1.54, 1.807) is 17.5 Å². The lowest BCUT2D eigenvalue weighted by atomic mass is 10.1. The van der Waals surface area contributed by atoms with E-state index in [1.165, 1.54) is 4.88 Å². The van der Waals surface area contributed by atoms with Crippen LogP contribution in [0.2, 0.25) is 0 Å².